The van der Waals surface area contributed by atoms with Gasteiger partial charge in [-0.2, -0.15) is 0 Å². The molecule has 0 spiro atoms. The molecule has 86 valence electrons. The fourth-order valence-electron chi connectivity index (χ4n) is 1.90. The van der Waals surface area contributed by atoms with Gasteiger partial charge < -0.3 is 11.1 Å². The van der Waals surface area contributed by atoms with Crippen molar-refractivity contribution < 1.29 is 0 Å². The minimum atomic E-state index is 0.420. The van der Waals surface area contributed by atoms with Gasteiger partial charge in [-0.25, -0.2) is 0 Å². The van der Waals surface area contributed by atoms with Crippen molar-refractivity contribution in [3.63, 3.8) is 0 Å². The summed E-state index contributed by atoms with van der Waals surface area (Å²) in [6.07, 6.45) is 7.47. The van der Waals surface area contributed by atoms with Crippen LogP contribution in [0.3, 0.4) is 0 Å². The molecule has 2 rings (SSSR count). The maximum atomic E-state index is 5.67. The number of nitrogens with two attached hydrogens (primary N) is 1. The average Bonchev–Trinajstić information content (AvgIpc) is 3.02. The van der Waals surface area contributed by atoms with Crippen LogP contribution in [0.4, 0.5) is 5.69 Å². The summed E-state index contributed by atoms with van der Waals surface area (Å²) in [5, 5.41) is 3.43. The van der Waals surface area contributed by atoms with E-state index in [-0.39, 0.29) is 0 Å². The molecule has 1 unspecified atom stereocenters. The fourth-order valence-corrected chi connectivity index (χ4v) is 2.08. The quantitative estimate of drug-likeness (QED) is 0.769. The van der Waals surface area contributed by atoms with Gasteiger partial charge >= 0.3 is 0 Å². The van der Waals surface area contributed by atoms with Crippen molar-refractivity contribution in [1.82, 2.24) is 4.98 Å². The molecule has 0 bridgehead atoms. The van der Waals surface area contributed by atoms with E-state index in [0.717, 1.165) is 17.2 Å². The van der Waals surface area contributed by atoms with Crippen LogP contribution in [0.5, 0.6) is 0 Å². The molecule has 1 atom stereocenters. The zero-order chi connectivity index (χ0) is 11.5. The van der Waals surface area contributed by atoms with Gasteiger partial charge in [0.2, 0.25) is 0 Å². The lowest BCUT2D eigenvalue weighted by Gasteiger charge is -2.16. The summed E-state index contributed by atoms with van der Waals surface area (Å²) >= 11 is 5.01. The Morgan fingerprint density at radius 2 is 2.44 bits per heavy atom. The Morgan fingerprint density at radius 3 is 3.06 bits per heavy atom. The van der Waals surface area contributed by atoms with Crippen molar-refractivity contribution in [3.05, 3.63) is 24.0 Å². The van der Waals surface area contributed by atoms with Crippen molar-refractivity contribution in [3.8, 4) is 0 Å². The summed E-state index contributed by atoms with van der Waals surface area (Å²) in [6.45, 7) is 2.19. The molecule has 0 amide bonds. The van der Waals surface area contributed by atoms with Gasteiger partial charge in [0.15, 0.2) is 0 Å². The van der Waals surface area contributed by atoms with Crippen LogP contribution in [0.25, 0.3) is 0 Å². The standard InChI is InChI=1S/C12H17N3S/c1-8(6-9-2-3-9)15-11-7-14-5-4-10(11)12(13)16/h4-5,7-9,15H,2-3,6H2,1H3,(H2,13,16). The Balaban J connectivity index is 2.04. The highest BCUT2D eigenvalue weighted by Crippen LogP contribution is 2.34. The van der Waals surface area contributed by atoms with E-state index in [0.29, 0.717) is 11.0 Å². The van der Waals surface area contributed by atoms with Gasteiger partial charge in [0.1, 0.15) is 4.99 Å². The molecular formula is C12H17N3S. The van der Waals surface area contributed by atoms with Gasteiger partial charge in [-0.05, 0) is 25.3 Å². The molecule has 1 heterocycles. The molecule has 16 heavy (non-hydrogen) atoms. The number of rotatable bonds is 5. The van der Waals surface area contributed by atoms with Crippen LogP contribution in [0.2, 0.25) is 0 Å². The minimum Gasteiger partial charge on any atom is -0.389 e. The highest BCUT2D eigenvalue weighted by Gasteiger charge is 2.23. The molecule has 1 aliphatic rings. The normalized spacial score (nSPS) is 16.8. The van der Waals surface area contributed by atoms with Crippen LogP contribution < -0.4 is 11.1 Å². The third kappa shape index (κ3) is 2.92. The van der Waals surface area contributed by atoms with Gasteiger partial charge in [-0.3, -0.25) is 4.98 Å². The van der Waals surface area contributed by atoms with Crippen LogP contribution in [-0.4, -0.2) is 16.0 Å². The van der Waals surface area contributed by atoms with Gasteiger partial charge in [-0.15, -0.1) is 0 Å². The van der Waals surface area contributed by atoms with Crippen molar-refractivity contribution in [2.75, 3.05) is 5.32 Å². The predicted molar refractivity (Wildman–Crippen MR) is 70.6 cm³/mol. The Bertz CT molecular complexity index is 388. The lowest BCUT2D eigenvalue weighted by Crippen LogP contribution is -2.20. The largest absolute Gasteiger partial charge is 0.389 e. The van der Waals surface area contributed by atoms with E-state index >= 15 is 0 Å². The lowest BCUT2D eigenvalue weighted by atomic mass is 10.1. The average molecular weight is 235 g/mol. The van der Waals surface area contributed by atoms with Crippen molar-refractivity contribution in [2.24, 2.45) is 11.7 Å². The molecular weight excluding hydrogens is 218 g/mol. The molecule has 3 nitrogen and oxygen atoms in total. The summed E-state index contributed by atoms with van der Waals surface area (Å²) in [5.74, 6) is 0.910. The lowest BCUT2D eigenvalue weighted by molar-refractivity contribution is 0.642. The van der Waals surface area contributed by atoms with Crippen molar-refractivity contribution >= 4 is 22.9 Å². The monoisotopic (exact) mass is 235 g/mol. The van der Waals surface area contributed by atoms with Crippen LogP contribution >= 0.6 is 12.2 Å². The first-order valence-corrected chi connectivity index (χ1v) is 6.08. The summed E-state index contributed by atoms with van der Waals surface area (Å²) in [4.78, 5) is 4.52. The molecule has 1 fully saturated rings. The van der Waals surface area contributed by atoms with Gasteiger partial charge in [-0.1, -0.05) is 25.1 Å². The van der Waals surface area contributed by atoms with Crippen LogP contribution in [-0.2, 0) is 0 Å². The number of aromatic nitrogens is 1. The van der Waals surface area contributed by atoms with Gasteiger partial charge in [0.05, 0.1) is 11.9 Å². The van der Waals surface area contributed by atoms with Crippen LogP contribution in [0.15, 0.2) is 18.5 Å². The Labute approximate surface area is 101 Å². The van der Waals surface area contributed by atoms with E-state index < -0.39 is 0 Å². The van der Waals surface area contributed by atoms with E-state index in [1.54, 1.807) is 12.4 Å². The van der Waals surface area contributed by atoms with E-state index in [4.69, 9.17) is 18.0 Å². The molecule has 1 aromatic rings. The molecule has 1 aromatic heterocycles. The zero-order valence-electron chi connectivity index (χ0n) is 9.44. The Kier molecular flexibility index (Phi) is 3.39. The molecule has 1 aliphatic carbocycles. The number of pyridine rings is 1. The molecule has 0 aromatic carbocycles. The summed E-state index contributed by atoms with van der Waals surface area (Å²) in [7, 11) is 0. The van der Waals surface area contributed by atoms with Crippen molar-refractivity contribution in [2.45, 2.75) is 32.2 Å². The number of nitrogens with one attached hydrogen (secondary N) is 1. The summed E-state index contributed by atoms with van der Waals surface area (Å²) < 4.78 is 0. The second-order valence-corrected chi connectivity index (χ2v) is 4.95. The Hall–Kier alpha value is -1.16. The number of nitrogens with zero attached hydrogens (tertiary/aromatic N) is 1. The third-order valence-electron chi connectivity index (χ3n) is 2.87. The number of anilines is 1. The molecule has 0 saturated heterocycles. The molecule has 1 saturated carbocycles. The first-order chi connectivity index (χ1) is 7.66. The van der Waals surface area contributed by atoms with Crippen LogP contribution in [0, 0.1) is 5.92 Å². The second kappa shape index (κ2) is 4.78. The van der Waals surface area contributed by atoms with Gasteiger partial charge in [0.25, 0.3) is 0 Å². The van der Waals surface area contributed by atoms with Crippen LogP contribution in [0.1, 0.15) is 31.7 Å². The summed E-state index contributed by atoms with van der Waals surface area (Å²) in [5.41, 5.74) is 7.50. The van der Waals surface area contributed by atoms with E-state index in [1.165, 1.54) is 19.3 Å². The molecule has 3 N–H and O–H groups in total. The second-order valence-electron chi connectivity index (χ2n) is 4.51. The predicted octanol–water partition coefficient (Wildman–Crippen LogP) is 2.32. The third-order valence-corrected chi connectivity index (χ3v) is 3.09. The highest BCUT2D eigenvalue weighted by molar-refractivity contribution is 7.80. The molecule has 0 aliphatic heterocycles. The Morgan fingerprint density at radius 1 is 1.69 bits per heavy atom. The number of hydrogen-bond acceptors (Lipinski definition) is 3. The fraction of sp³-hybridized carbons (Fsp3) is 0.500. The van der Waals surface area contributed by atoms with E-state index in [1.807, 2.05) is 6.07 Å². The smallest absolute Gasteiger partial charge is 0.106 e. The molecule has 4 heteroatoms. The number of hydrogen-bond donors (Lipinski definition) is 2. The van der Waals surface area contributed by atoms with Crippen molar-refractivity contribution in [1.29, 1.82) is 0 Å². The first kappa shape index (κ1) is 11.3. The minimum absolute atomic E-state index is 0.420. The first-order valence-electron chi connectivity index (χ1n) is 5.67. The highest BCUT2D eigenvalue weighted by atomic mass is 32.1. The SMILES string of the molecule is CC(CC1CC1)Nc1cnccc1C(N)=S. The zero-order valence-corrected chi connectivity index (χ0v) is 10.3. The maximum Gasteiger partial charge on any atom is 0.106 e. The maximum absolute atomic E-state index is 5.67. The number of thiocarbonyl (C=S) groups is 1. The van der Waals surface area contributed by atoms with E-state index in [9.17, 15) is 0 Å². The van der Waals surface area contributed by atoms with Gasteiger partial charge in [0, 0.05) is 17.8 Å². The summed E-state index contributed by atoms with van der Waals surface area (Å²) in [6, 6.07) is 2.30. The topological polar surface area (TPSA) is 50.9 Å². The van der Waals surface area contributed by atoms with E-state index in [2.05, 4.69) is 17.2 Å². The molecule has 0 radical (unpaired) electrons.